The Kier molecular flexibility index (Phi) is 8.49. The number of esters is 2. The summed E-state index contributed by atoms with van der Waals surface area (Å²) < 4.78 is 10.4. The molecule has 0 bridgehead atoms. The second-order valence-corrected chi connectivity index (χ2v) is 8.28. The topological polar surface area (TPSA) is 151 Å². The molecule has 2 aromatic rings. The van der Waals surface area contributed by atoms with Gasteiger partial charge in [0.05, 0.1) is 10.5 Å². The molecule has 0 unspecified atom stereocenters. The van der Waals surface area contributed by atoms with E-state index in [1.807, 2.05) is 6.07 Å². The zero-order valence-electron chi connectivity index (χ0n) is 18.7. The van der Waals surface area contributed by atoms with Gasteiger partial charge in [-0.2, -0.15) is 0 Å². The Morgan fingerprint density at radius 1 is 1.12 bits per heavy atom. The molecule has 1 atom stereocenters. The molecule has 0 fully saturated rings. The smallest absolute Gasteiger partial charge is 0.338 e. The van der Waals surface area contributed by atoms with Crippen molar-refractivity contribution in [1.82, 2.24) is 0 Å². The number of hydrogen-bond donors (Lipinski definition) is 2. The van der Waals surface area contributed by atoms with E-state index in [4.69, 9.17) is 15.2 Å². The van der Waals surface area contributed by atoms with Crippen LogP contribution >= 0.6 is 0 Å². The SMILES string of the molecule is CC(C)(C)OC(=O)CC[C@H](Nc1ccc(C(=O)OCc2ccccc2)cc1[N+](=O)[O-])C(N)=O. The number of rotatable bonds is 10. The third-order valence-corrected chi connectivity index (χ3v) is 4.37. The molecule has 0 spiro atoms. The van der Waals surface area contributed by atoms with Crippen LogP contribution in [-0.2, 0) is 25.7 Å². The lowest BCUT2D eigenvalue weighted by Gasteiger charge is -2.21. The number of amides is 1. The van der Waals surface area contributed by atoms with E-state index in [0.29, 0.717) is 0 Å². The van der Waals surface area contributed by atoms with Gasteiger partial charge in [0.15, 0.2) is 0 Å². The number of benzene rings is 2. The van der Waals surface area contributed by atoms with Crippen LogP contribution in [0.15, 0.2) is 48.5 Å². The minimum absolute atomic E-state index is 0.0158. The van der Waals surface area contributed by atoms with Gasteiger partial charge in [0, 0.05) is 12.5 Å². The van der Waals surface area contributed by atoms with Crippen LogP contribution in [0.3, 0.4) is 0 Å². The van der Waals surface area contributed by atoms with Crippen LogP contribution in [0, 0.1) is 10.1 Å². The number of hydrogen-bond acceptors (Lipinski definition) is 8. The molecule has 3 N–H and O–H groups in total. The minimum atomic E-state index is -1.06. The highest BCUT2D eigenvalue weighted by Crippen LogP contribution is 2.27. The van der Waals surface area contributed by atoms with E-state index in [1.165, 1.54) is 12.1 Å². The van der Waals surface area contributed by atoms with Crippen molar-refractivity contribution in [2.75, 3.05) is 5.32 Å². The maximum absolute atomic E-state index is 12.3. The zero-order valence-corrected chi connectivity index (χ0v) is 18.7. The number of carbonyl (C=O) groups is 3. The highest BCUT2D eigenvalue weighted by molar-refractivity contribution is 5.92. The summed E-state index contributed by atoms with van der Waals surface area (Å²) in [4.78, 5) is 47.0. The van der Waals surface area contributed by atoms with Gasteiger partial charge in [-0.3, -0.25) is 19.7 Å². The summed E-state index contributed by atoms with van der Waals surface area (Å²) >= 11 is 0. The number of nitro groups is 1. The van der Waals surface area contributed by atoms with Gasteiger partial charge in [-0.05, 0) is 44.9 Å². The van der Waals surface area contributed by atoms with Crippen molar-refractivity contribution in [1.29, 1.82) is 0 Å². The van der Waals surface area contributed by atoms with Crippen molar-refractivity contribution in [2.45, 2.75) is 51.9 Å². The first-order chi connectivity index (χ1) is 15.5. The van der Waals surface area contributed by atoms with Crippen LogP contribution < -0.4 is 11.1 Å². The molecule has 1 amide bonds. The lowest BCUT2D eigenvalue weighted by molar-refractivity contribution is -0.384. The third-order valence-electron chi connectivity index (χ3n) is 4.37. The second-order valence-electron chi connectivity index (χ2n) is 8.28. The second kappa shape index (κ2) is 11.1. The Balaban J connectivity index is 2.11. The molecule has 0 aliphatic carbocycles. The molecule has 0 radical (unpaired) electrons. The van der Waals surface area contributed by atoms with E-state index < -0.39 is 40.1 Å². The van der Waals surface area contributed by atoms with Crippen LogP contribution in [0.2, 0.25) is 0 Å². The Bertz CT molecular complexity index is 1020. The number of ether oxygens (including phenoxy) is 2. The maximum Gasteiger partial charge on any atom is 0.338 e. The summed E-state index contributed by atoms with van der Waals surface area (Å²) in [5, 5.41) is 14.3. The number of nitro benzene ring substituents is 1. The molecule has 0 saturated carbocycles. The molecule has 176 valence electrons. The van der Waals surface area contributed by atoms with Crippen molar-refractivity contribution in [3.05, 3.63) is 69.8 Å². The van der Waals surface area contributed by atoms with Crippen molar-refractivity contribution in [3.8, 4) is 0 Å². The van der Waals surface area contributed by atoms with Gasteiger partial charge in [-0.25, -0.2) is 4.79 Å². The fourth-order valence-corrected chi connectivity index (χ4v) is 2.87. The van der Waals surface area contributed by atoms with Gasteiger partial charge >= 0.3 is 11.9 Å². The number of carbonyl (C=O) groups excluding carboxylic acids is 3. The normalized spacial score (nSPS) is 11.8. The number of nitrogens with one attached hydrogen (secondary N) is 1. The lowest BCUT2D eigenvalue weighted by atomic mass is 10.1. The fourth-order valence-electron chi connectivity index (χ4n) is 2.87. The number of nitrogens with two attached hydrogens (primary N) is 1. The Hall–Kier alpha value is -3.95. The quantitative estimate of drug-likeness (QED) is 0.313. The lowest BCUT2D eigenvalue weighted by Crippen LogP contribution is -2.36. The molecule has 2 rings (SSSR count). The predicted molar refractivity (Wildman–Crippen MR) is 120 cm³/mol. The molecule has 0 aliphatic heterocycles. The summed E-state index contributed by atoms with van der Waals surface area (Å²) in [6, 6.07) is 11.6. The average Bonchev–Trinajstić information content (AvgIpc) is 2.74. The van der Waals surface area contributed by atoms with Crippen LogP contribution in [-0.4, -0.2) is 34.4 Å². The first-order valence-corrected chi connectivity index (χ1v) is 10.2. The van der Waals surface area contributed by atoms with Gasteiger partial charge in [-0.15, -0.1) is 0 Å². The number of primary amides is 1. The van der Waals surface area contributed by atoms with E-state index >= 15 is 0 Å². The molecule has 10 nitrogen and oxygen atoms in total. The van der Waals surface area contributed by atoms with Crippen LogP contribution in [0.25, 0.3) is 0 Å². The fraction of sp³-hybridized carbons (Fsp3) is 0.348. The summed E-state index contributed by atoms with van der Waals surface area (Å²) in [5.41, 5.74) is 5.01. The number of anilines is 1. The van der Waals surface area contributed by atoms with Crippen molar-refractivity contribution in [3.63, 3.8) is 0 Å². The Labute approximate surface area is 191 Å². The Morgan fingerprint density at radius 2 is 1.79 bits per heavy atom. The van der Waals surface area contributed by atoms with E-state index in [-0.39, 0.29) is 30.7 Å². The van der Waals surface area contributed by atoms with Gasteiger partial charge < -0.3 is 20.5 Å². The number of nitrogens with zero attached hydrogens (tertiary/aromatic N) is 1. The summed E-state index contributed by atoms with van der Waals surface area (Å²) in [5.74, 6) is -2.05. The predicted octanol–water partition coefficient (Wildman–Crippen LogP) is 3.34. The Morgan fingerprint density at radius 3 is 2.36 bits per heavy atom. The van der Waals surface area contributed by atoms with E-state index in [2.05, 4.69) is 5.32 Å². The summed E-state index contributed by atoms with van der Waals surface area (Å²) in [7, 11) is 0. The van der Waals surface area contributed by atoms with Crippen molar-refractivity contribution < 1.29 is 28.8 Å². The summed E-state index contributed by atoms with van der Waals surface area (Å²) in [6.07, 6.45) is -0.141. The van der Waals surface area contributed by atoms with Gasteiger partial charge in [-0.1, -0.05) is 30.3 Å². The molecule has 0 heterocycles. The van der Waals surface area contributed by atoms with Gasteiger partial charge in [0.25, 0.3) is 5.69 Å². The van der Waals surface area contributed by atoms with Crippen molar-refractivity contribution in [2.24, 2.45) is 5.73 Å². The molecule has 0 aliphatic rings. The zero-order chi connectivity index (χ0) is 24.6. The van der Waals surface area contributed by atoms with Gasteiger partial charge in [0.1, 0.15) is 23.9 Å². The molecular weight excluding hydrogens is 430 g/mol. The first-order valence-electron chi connectivity index (χ1n) is 10.2. The van der Waals surface area contributed by atoms with Crippen LogP contribution in [0.5, 0.6) is 0 Å². The van der Waals surface area contributed by atoms with Crippen molar-refractivity contribution >= 4 is 29.2 Å². The first kappa shape index (κ1) is 25.3. The van der Waals surface area contributed by atoms with E-state index in [1.54, 1.807) is 45.0 Å². The van der Waals surface area contributed by atoms with E-state index in [0.717, 1.165) is 11.6 Å². The third kappa shape index (κ3) is 8.24. The molecule has 2 aromatic carbocycles. The summed E-state index contributed by atoms with van der Waals surface area (Å²) in [6.45, 7) is 5.15. The monoisotopic (exact) mass is 457 g/mol. The maximum atomic E-state index is 12.3. The van der Waals surface area contributed by atoms with Gasteiger partial charge in [0.2, 0.25) is 5.91 Å². The minimum Gasteiger partial charge on any atom is -0.460 e. The van der Waals surface area contributed by atoms with E-state index in [9.17, 15) is 24.5 Å². The molecule has 10 heteroatoms. The molecule has 0 aromatic heterocycles. The largest absolute Gasteiger partial charge is 0.460 e. The molecular formula is C23H27N3O7. The highest BCUT2D eigenvalue weighted by atomic mass is 16.6. The standard InChI is InChI=1S/C23H27N3O7/c1-23(2,3)33-20(27)12-11-18(21(24)28)25-17-10-9-16(13-19(17)26(30)31)22(29)32-14-15-7-5-4-6-8-15/h4-10,13,18,25H,11-12,14H2,1-3H3,(H2,24,28)/t18-/m0/s1. The van der Waals surface area contributed by atoms with Crippen LogP contribution in [0.1, 0.15) is 49.5 Å². The average molecular weight is 457 g/mol. The molecule has 0 saturated heterocycles. The highest BCUT2D eigenvalue weighted by Gasteiger charge is 2.25. The van der Waals surface area contributed by atoms with Crippen LogP contribution in [0.4, 0.5) is 11.4 Å². The molecule has 33 heavy (non-hydrogen) atoms.